The SMILES string of the molecule is C=CC(=O)OC.C=CC(=O)OCN. The summed E-state index contributed by atoms with van der Waals surface area (Å²) in [5.74, 6) is -0.877. The van der Waals surface area contributed by atoms with Crippen LogP contribution in [0.4, 0.5) is 0 Å². The largest absolute Gasteiger partial charge is 0.466 e. The number of nitrogens with two attached hydrogens (primary N) is 1. The van der Waals surface area contributed by atoms with E-state index in [1.807, 2.05) is 0 Å². The molecule has 0 aliphatic heterocycles. The van der Waals surface area contributed by atoms with Crippen molar-refractivity contribution in [3.8, 4) is 0 Å². The van der Waals surface area contributed by atoms with E-state index in [-0.39, 0.29) is 6.73 Å². The summed E-state index contributed by atoms with van der Waals surface area (Å²) in [6.45, 7) is 6.23. The van der Waals surface area contributed by atoms with Gasteiger partial charge in [0.1, 0.15) is 6.73 Å². The Kier molecular flexibility index (Phi) is 11.1. The summed E-state index contributed by atoms with van der Waals surface area (Å²) >= 11 is 0. The fraction of sp³-hybridized carbons (Fsp3) is 0.250. The highest BCUT2D eigenvalue weighted by Gasteiger charge is 1.86. The monoisotopic (exact) mass is 187 g/mol. The van der Waals surface area contributed by atoms with Gasteiger partial charge in [-0.25, -0.2) is 9.59 Å². The predicted octanol–water partition coefficient (Wildman–Crippen LogP) is -0.0228. The van der Waals surface area contributed by atoms with Crippen LogP contribution in [0.15, 0.2) is 25.3 Å². The number of methoxy groups -OCH3 is 1. The number of rotatable bonds is 3. The lowest BCUT2D eigenvalue weighted by atomic mass is 10.7. The van der Waals surface area contributed by atoms with E-state index < -0.39 is 11.9 Å². The Hall–Kier alpha value is -1.62. The molecule has 0 aliphatic rings. The fourth-order valence-electron chi connectivity index (χ4n) is 0.224. The molecule has 0 aliphatic carbocycles. The van der Waals surface area contributed by atoms with Gasteiger partial charge in [-0.05, 0) is 0 Å². The zero-order valence-electron chi connectivity index (χ0n) is 7.49. The molecule has 0 saturated heterocycles. The molecule has 0 aromatic rings. The molecule has 0 aromatic heterocycles. The number of hydrogen-bond acceptors (Lipinski definition) is 5. The number of carbonyl (C=O) groups excluding carboxylic acids is 2. The van der Waals surface area contributed by atoms with Crippen LogP contribution in [0.25, 0.3) is 0 Å². The quantitative estimate of drug-likeness (QED) is 0.381. The molecule has 0 fully saturated rings. The third-order valence-electron chi connectivity index (χ3n) is 0.760. The number of carbonyl (C=O) groups is 2. The van der Waals surface area contributed by atoms with Crippen molar-refractivity contribution in [3.63, 3.8) is 0 Å². The molecule has 0 amide bonds. The van der Waals surface area contributed by atoms with E-state index >= 15 is 0 Å². The maximum Gasteiger partial charge on any atom is 0.331 e. The van der Waals surface area contributed by atoms with E-state index in [2.05, 4.69) is 22.6 Å². The van der Waals surface area contributed by atoms with Crippen molar-refractivity contribution in [2.75, 3.05) is 13.8 Å². The molecule has 74 valence electrons. The second kappa shape index (κ2) is 10.4. The summed E-state index contributed by atoms with van der Waals surface area (Å²) in [5.41, 5.74) is 4.81. The van der Waals surface area contributed by atoms with Gasteiger partial charge in [0, 0.05) is 12.2 Å². The van der Waals surface area contributed by atoms with Gasteiger partial charge in [0.2, 0.25) is 0 Å². The van der Waals surface area contributed by atoms with E-state index in [9.17, 15) is 9.59 Å². The highest BCUT2D eigenvalue weighted by atomic mass is 16.5. The van der Waals surface area contributed by atoms with Gasteiger partial charge in [0.05, 0.1) is 7.11 Å². The molecule has 0 unspecified atom stereocenters. The maximum absolute atomic E-state index is 9.99. The Morgan fingerprint density at radius 3 is 1.85 bits per heavy atom. The number of ether oxygens (including phenoxy) is 2. The molecule has 0 bridgehead atoms. The van der Waals surface area contributed by atoms with Gasteiger partial charge in [0.15, 0.2) is 0 Å². The predicted molar refractivity (Wildman–Crippen MR) is 47.6 cm³/mol. The summed E-state index contributed by atoms with van der Waals surface area (Å²) in [6.07, 6.45) is 2.17. The van der Waals surface area contributed by atoms with E-state index in [1.165, 1.54) is 7.11 Å². The Labute approximate surface area is 76.8 Å². The number of esters is 2. The van der Waals surface area contributed by atoms with Crippen molar-refractivity contribution in [1.82, 2.24) is 0 Å². The second-order valence-electron chi connectivity index (χ2n) is 1.56. The van der Waals surface area contributed by atoms with Crippen LogP contribution in [0.2, 0.25) is 0 Å². The Morgan fingerprint density at radius 2 is 1.77 bits per heavy atom. The van der Waals surface area contributed by atoms with Crippen LogP contribution in [0.5, 0.6) is 0 Å². The normalized spacial score (nSPS) is 7.23. The van der Waals surface area contributed by atoms with Gasteiger partial charge >= 0.3 is 11.9 Å². The Balaban J connectivity index is 0. The van der Waals surface area contributed by atoms with Crippen LogP contribution < -0.4 is 5.73 Å². The standard InChI is InChI=1S/C4H7NO2.C4H6O2/c1-2-4(6)7-3-5;1-3-4(5)6-2/h2H,1,3,5H2;3H,1H2,2H3. The van der Waals surface area contributed by atoms with Crippen molar-refractivity contribution < 1.29 is 19.1 Å². The molecule has 5 nitrogen and oxygen atoms in total. The minimum Gasteiger partial charge on any atom is -0.466 e. The minimum absolute atomic E-state index is 0.0785. The molecule has 13 heavy (non-hydrogen) atoms. The summed E-state index contributed by atoms with van der Waals surface area (Å²) < 4.78 is 8.35. The topological polar surface area (TPSA) is 78.6 Å². The van der Waals surface area contributed by atoms with Crippen molar-refractivity contribution in [2.45, 2.75) is 0 Å². The van der Waals surface area contributed by atoms with E-state index in [0.717, 1.165) is 12.2 Å². The van der Waals surface area contributed by atoms with Crippen LogP contribution in [-0.4, -0.2) is 25.8 Å². The van der Waals surface area contributed by atoms with Crippen LogP contribution in [0.3, 0.4) is 0 Å². The van der Waals surface area contributed by atoms with E-state index in [1.54, 1.807) is 0 Å². The smallest absolute Gasteiger partial charge is 0.331 e. The maximum atomic E-state index is 9.99. The molecular weight excluding hydrogens is 174 g/mol. The molecule has 0 spiro atoms. The van der Waals surface area contributed by atoms with Crippen LogP contribution in [0.1, 0.15) is 0 Å². The van der Waals surface area contributed by atoms with Gasteiger partial charge in [-0.1, -0.05) is 13.2 Å². The van der Waals surface area contributed by atoms with Crippen LogP contribution in [0, 0.1) is 0 Å². The third-order valence-corrected chi connectivity index (χ3v) is 0.760. The molecule has 5 heteroatoms. The molecule has 0 saturated carbocycles. The van der Waals surface area contributed by atoms with Gasteiger partial charge in [-0.3, -0.25) is 5.73 Å². The average molecular weight is 187 g/mol. The lowest BCUT2D eigenvalue weighted by molar-refractivity contribution is -0.137. The molecule has 0 atom stereocenters. The molecule has 0 radical (unpaired) electrons. The lowest BCUT2D eigenvalue weighted by Gasteiger charge is -1.90. The summed E-state index contributed by atoms with van der Waals surface area (Å²) in [4.78, 5) is 19.8. The van der Waals surface area contributed by atoms with Gasteiger partial charge in [-0.15, -0.1) is 0 Å². The lowest BCUT2D eigenvalue weighted by Crippen LogP contribution is -2.08. The summed E-state index contributed by atoms with van der Waals surface area (Å²) in [5, 5.41) is 0. The van der Waals surface area contributed by atoms with E-state index in [0.29, 0.717) is 0 Å². The Morgan fingerprint density at radius 1 is 1.31 bits per heavy atom. The number of hydrogen-bond donors (Lipinski definition) is 1. The molecule has 0 aromatic carbocycles. The van der Waals surface area contributed by atoms with Gasteiger partial charge in [0.25, 0.3) is 0 Å². The summed E-state index contributed by atoms with van der Waals surface area (Å²) in [6, 6.07) is 0. The zero-order chi connectivity index (χ0) is 10.7. The second-order valence-corrected chi connectivity index (χ2v) is 1.56. The van der Waals surface area contributed by atoms with Crippen LogP contribution >= 0.6 is 0 Å². The minimum atomic E-state index is -0.484. The molecule has 0 heterocycles. The first-order chi connectivity index (χ1) is 6.12. The first-order valence-electron chi connectivity index (χ1n) is 3.32. The van der Waals surface area contributed by atoms with Gasteiger partial charge in [-0.2, -0.15) is 0 Å². The first kappa shape index (κ1) is 13.9. The van der Waals surface area contributed by atoms with Gasteiger partial charge < -0.3 is 9.47 Å². The van der Waals surface area contributed by atoms with Crippen molar-refractivity contribution in [2.24, 2.45) is 5.73 Å². The van der Waals surface area contributed by atoms with Crippen molar-refractivity contribution in [1.29, 1.82) is 0 Å². The molecular formula is C8H13NO4. The third kappa shape index (κ3) is 13.4. The molecule has 2 N–H and O–H groups in total. The highest BCUT2D eigenvalue weighted by Crippen LogP contribution is 1.71. The molecule has 0 rings (SSSR count). The summed E-state index contributed by atoms with van der Waals surface area (Å²) in [7, 11) is 1.31. The van der Waals surface area contributed by atoms with Crippen LogP contribution in [-0.2, 0) is 19.1 Å². The Bertz CT molecular complexity index is 189. The van der Waals surface area contributed by atoms with Crippen molar-refractivity contribution >= 4 is 11.9 Å². The highest BCUT2D eigenvalue weighted by molar-refractivity contribution is 5.81. The average Bonchev–Trinajstić information content (AvgIpc) is 2.18. The first-order valence-corrected chi connectivity index (χ1v) is 3.32. The van der Waals surface area contributed by atoms with E-state index in [4.69, 9.17) is 5.73 Å². The van der Waals surface area contributed by atoms with Crippen molar-refractivity contribution in [3.05, 3.63) is 25.3 Å². The zero-order valence-corrected chi connectivity index (χ0v) is 7.49. The fourth-order valence-corrected chi connectivity index (χ4v) is 0.224.